The van der Waals surface area contributed by atoms with Crippen LogP contribution in [-0.4, -0.2) is 9.97 Å². The zero-order valence-electron chi connectivity index (χ0n) is 8.90. The molecule has 0 spiro atoms. The number of thiophene rings is 1. The highest BCUT2D eigenvalue weighted by atomic mass is 35.5. The van der Waals surface area contributed by atoms with Gasteiger partial charge in [-0.1, -0.05) is 18.5 Å². The van der Waals surface area contributed by atoms with Crippen molar-refractivity contribution in [1.82, 2.24) is 9.97 Å². The van der Waals surface area contributed by atoms with E-state index in [-0.39, 0.29) is 0 Å². The first-order valence-corrected chi connectivity index (χ1v) is 6.26. The fourth-order valence-corrected chi connectivity index (χ4v) is 2.36. The van der Waals surface area contributed by atoms with Crippen LogP contribution in [0.15, 0.2) is 24.5 Å². The van der Waals surface area contributed by atoms with Gasteiger partial charge in [0.05, 0.1) is 6.54 Å². The minimum atomic E-state index is 0.456. The van der Waals surface area contributed by atoms with E-state index in [1.807, 2.05) is 11.3 Å². The van der Waals surface area contributed by atoms with E-state index in [0.29, 0.717) is 5.15 Å². The van der Waals surface area contributed by atoms with Crippen molar-refractivity contribution in [2.45, 2.75) is 19.9 Å². The van der Waals surface area contributed by atoms with Gasteiger partial charge >= 0.3 is 0 Å². The van der Waals surface area contributed by atoms with Crippen molar-refractivity contribution in [3.05, 3.63) is 39.4 Å². The minimum Gasteiger partial charge on any atom is -0.365 e. The fraction of sp³-hybridized carbons (Fsp3) is 0.273. The molecule has 1 N–H and O–H groups in total. The van der Waals surface area contributed by atoms with E-state index in [1.165, 1.54) is 16.1 Å². The number of aromatic nitrogens is 2. The quantitative estimate of drug-likeness (QED) is 0.849. The smallest absolute Gasteiger partial charge is 0.134 e. The van der Waals surface area contributed by atoms with Crippen LogP contribution < -0.4 is 5.32 Å². The molecule has 0 bridgehead atoms. The number of halogens is 1. The molecule has 0 aliphatic heterocycles. The van der Waals surface area contributed by atoms with E-state index >= 15 is 0 Å². The Kier molecular flexibility index (Phi) is 3.74. The molecule has 0 unspecified atom stereocenters. The van der Waals surface area contributed by atoms with Crippen molar-refractivity contribution in [2.75, 3.05) is 5.32 Å². The van der Waals surface area contributed by atoms with Gasteiger partial charge in [-0.15, -0.1) is 11.3 Å². The van der Waals surface area contributed by atoms with Crippen LogP contribution in [0.5, 0.6) is 0 Å². The molecule has 5 heteroatoms. The summed E-state index contributed by atoms with van der Waals surface area (Å²) >= 11 is 7.58. The van der Waals surface area contributed by atoms with E-state index in [9.17, 15) is 0 Å². The molecule has 0 atom stereocenters. The number of hydrogen-bond acceptors (Lipinski definition) is 4. The van der Waals surface area contributed by atoms with Gasteiger partial charge in [-0.05, 0) is 18.6 Å². The van der Waals surface area contributed by atoms with Crippen molar-refractivity contribution in [3.8, 4) is 0 Å². The lowest BCUT2D eigenvalue weighted by molar-refractivity contribution is 1.10. The van der Waals surface area contributed by atoms with Crippen LogP contribution in [0.2, 0.25) is 5.15 Å². The summed E-state index contributed by atoms with van der Waals surface area (Å²) < 4.78 is 0. The van der Waals surface area contributed by atoms with Gasteiger partial charge in [0, 0.05) is 15.8 Å². The SMILES string of the molecule is CCc1ccc(CNc2cc(Cl)ncn2)s1. The van der Waals surface area contributed by atoms with E-state index < -0.39 is 0 Å². The van der Waals surface area contributed by atoms with Crippen LogP contribution in [0, 0.1) is 0 Å². The predicted molar refractivity (Wildman–Crippen MR) is 68.1 cm³/mol. The van der Waals surface area contributed by atoms with Crippen LogP contribution >= 0.6 is 22.9 Å². The molecule has 2 rings (SSSR count). The third-order valence-corrected chi connectivity index (χ3v) is 3.58. The van der Waals surface area contributed by atoms with Crippen LogP contribution in [0.1, 0.15) is 16.7 Å². The molecule has 84 valence electrons. The van der Waals surface area contributed by atoms with Crippen LogP contribution in [0.25, 0.3) is 0 Å². The van der Waals surface area contributed by atoms with E-state index in [2.05, 4.69) is 34.3 Å². The second-order valence-electron chi connectivity index (χ2n) is 3.30. The summed E-state index contributed by atoms with van der Waals surface area (Å²) in [5.41, 5.74) is 0. The summed E-state index contributed by atoms with van der Waals surface area (Å²) in [4.78, 5) is 10.6. The molecule has 0 fully saturated rings. The number of aryl methyl sites for hydroxylation is 1. The molecule has 0 aliphatic carbocycles. The highest BCUT2D eigenvalue weighted by Gasteiger charge is 2.00. The highest BCUT2D eigenvalue weighted by Crippen LogP contribution is 2.18. The second-order valence-corrected chi connectivity index (χ2v) is 4.94. The third kappa shape index (κ3) is 2.93. The number of anilines is 1. The third-order valence-electron chi connectivity index (χ3n) is 2.14. The topological polar surface area (TPSA) is 37.8 Å². The second kappa shape index (κ2) is 5.27. The van der Waals surface area contributed by atoms with Crippen LogP contribution in [-0.2, 0) is 13.0 Å². The number of hydrogen-bond donors (Lipinski definition) is 1. The van der Waals surface area contributed by atoms with Gasteiger partial charge in [0.2, 0.25) is 0 Å². The molecule has 2 aromatic rings. The monoisotopic (exact) mass is 253 g/mol. The van der Waals surface area contributed by atoms with Crippen molar-refractivity contribution < 1.29 is 0 Å². The Labute approximate surface area is 104 Å². The average Bonchev–Trinajstić information content (AvgIpc) is 2.74. The van der Waals surface area contributed by atoms with Gasteiger partial charge in [0.1, 0.15) is 17.3 Å². The molecule has 16 heavy (non-hydrogen) atoms. The molecule has 0 saturated heterocycles. The Morgan fingerprint density at radius 3 is 2.81 bits per heavy atom. The zero-order chi connectivity index (χ0) is 11.4. The largest absolute Gasteiger partial charge is 0.365 e. The molecule has 0 aliphatic rings. The van der Waals surface area contributed by atoms with Gasteiger partial charge in [-0.25, -0.2) is 9.97 Å². The van der Waals surface area contributed by atoms with Gasteiger partial charge in [0.15, 0.2) is 0 Å². The molecule has 0 aromatic carbocycles. The lowest BCUT2D eigenvalue weighted by Crippen LogP contribution is -1.99. The molecule has 0 amide bonds. The molecule has 2 aromatic heterocycles. The Hall–Kier alpha value is -1.13. The normalized spacial score (nSPS) is 10.4. The molecule has 2 heterocycles. The predicted octanol–water partition coefficient (Wildman–Crippen LogP) is 3.37. The number of rotatable bonds is 4. The Morgan fingerprint density at radius 1 is 1.31 bits per heavy atom. The molecular formula is C11H12ClN3S. The summed E-state index contributed by atoms with van der Waals surface area (Å²) in [5.74, 6) is 0.756. The molecule has 0 radical (unpaired) electrons. The fourth-order valence-electron chi connectivity index (χ4n) is 1.32. The van der Waals surface area contributed by atoms with Crippen LogP contribution in [0.4, 0.5) is 5.82 Å². The Morgan fingerprint density at radius 2 is 2.12 bits per heavy atom. The van der Waals surface area contributed by atoms with Crippen molar-refractivity contribution in [2.24, 2.45) is 0 Å². The van der Waals surface area contributed by atoms with E-state index in [0.717, 1.165) is 18.8 Å². The van der Waals surface area contributed by atoms with Gasteiger partial charge in [-0.3, -0.25) is 0 Å². The van der Waals surface area contributed by atoms with E-state index in [1.54, 1.807) is 6.07 Å². The molecular weight excluding hydrogens is 242 g/mol. The maximum Gasteiger partial charge on any atom is 0.134 e. The number of nitrogens with zero attached hydrogens (tertiary/aromatic N) is 2. The standard InChI is InChI=1S/C11H12ClN3S/c1-2-8-3-4-9(16-8)6-13-11-5-10(12)14-7-15-11/h3-5,7H,2,6H2,1H3,(H,13,14,15). The summed E-state index contributed by atoms with van der Waals surface area (Å²) in [5, 5.41) is 3.67. The number of nitrogens with one attached hydrogen (secondary N) is 1. The Bertz CT molecular complexity index is 470. The van der Waals surface area contributed by atoms with Gasteiger partial charge in [-0.2, -0.15) is 0 Å². The highest BCUT2D eigenvalue weighted by molar-refractivity contribution is 7.12. The first kappa shape index (κ1) is 11.4. The average molecular weight is 254 g/mol. The van der Waals surface area contributed by atoms with Crippen molar-refractivity contribution in [1.29, 1.82) is 0 Å². The van der Waals surface area contributed by atoms with Gasteiger partial charge < -0.3 is 5.32 Å². The summed E-state index contributed by atoms with van der Waals surface area (Å²) in [7, 11) is 0. The lowest BCUT2D eigenvalue weighted by atomic mass is 10.3. The summed E-state index contributed by atoms with van der Waals surface area (Å²) in [6.07, 6.45) is 2.54. The van der Waals surface area contributed by atoms with Crippen molar-refractivity contribution >= 4 is 28.8 Å². The maximum absolute atomic E-state index is 5.76. The van der Waals surface area contributed by atoms with Gasteiger partial charge in [0.25, 0.3) is 0 Å². The van der Waals surface area contributed by atoms with Crippen molar-refractivity contribution in [3.63, 3.8) is 0 Å². The first-order chi connectivity index (χ1) is 7.78. The molecule has 3 nitrogen and oxygen atoms in total. The lowest BCUT2D eigenvalue weighted by Gasteiger charge is -2.02. The summed E-state index contributed by atoms with van der Waals surface area (Å²) in [6.45, 7) is 2.94. The maximum atomic E-state index is 5.76. The molecule has 0 saturated carbocycles. The van der Waals surface area contributed by atoms with Crippen LogP contribution in [0.3, 0.4) is 0 Å². The van der Waals surface area contributed by atoms with E-state index in [4.69, 9.17) is 11.6 Å². The Balaban J connectivity index is 1.96. The zero-order valence-corrected chi connectivity index (χ0v) is 10.5. The minimum absolute atomic E-state index is 0.456. The first-order valence-electron chi connectivity index (χ1n) is 5.07. The summed E-state index contributed by atoms with van der Waals surface area (Å²) in [6, 6.07) is 6.02.